The summed E-state index contributed by atoms with van der Waals surface area (Å²) in [6.45, 7) is 7.06. The van der Waals surface area contributed by atoms with Crippen molar-refractivity contribution in [3.63, 3.8) is 0 Å². The number of pyridine rings is 1. The van der Waals surface area contributed by atoms with Crippen molar-refractivity contribution in [3.8, 4) is 0 Å². The van der Waals surface area contributed by atoms with Gasteiger partial charge in [-0.3, -0.25) is 14.7 Å². The maximum absolute atomic E-state index is 13.6. The highest BCUT2D eigenvalue weighted by molar-refractivity contribution is 7.91. The van der Waals surface area contributed by atoms with E-state index in [1.165, 1.54) is 0 Å². The first kappa shape index (κ1) is 18.4. The first-order valence-corrected chi connectivity index (χ1v) is 11.1. The lowest BCUT2D eigenvalue weighted by Gasteiger charge is -2.42. The van der Waals surface area contributed by atoms with Crippen LogP contribution in [-0.4, -0.2) is 72.8 Å². The van der Waals surface area contributed by atoms with Gasteiger partial charge < -0.3 is 4.90 Å². The first-order valence-electron chi connectivity index (χ1n) is 9.27. The fourth-order valence-electron chi connectivity index (χ4n) is 4.39. The minimum atomic E-state index is -3.13. The van der Waals surface area contributed by atoms with Crippen molar-refractivity contribution in [2.24, 2.45) is 0 Å². The molecule has 144 valence electrons. The van der Waals surface area contributed by atoms with Gasteiger partial charge in [0.05, 0.1) is 28.6 Å². The number of hydrogen-bond acceptors (Lipinski definition) is 5. The predicted molar refractivity (Wildman–Crippen MR) is 106 cm³/mol. The number of nitrogens with zero attached hydrogens (tertiary/aromatic N) is 3. The molecule has 0 bridgehead atoms. The van der Waals surface area contributed by atoms with Crippen LogP contribution in [0.2, 0.25) is 0 Å². The molecular weight excluding hydrogens is 362 g/mol. The number of fused-ring (bicyclic) bond motifs is 2. The van der Waals surface area contributed by atoms with Gasteiger partial charge in [0.1, 0.15) is 0 Å². The van der Waals surface area contributed by atoms with Crippen molar-refractivity contribution in [2.75, 3.05) is 31.6 Å². The molecule has 2 atom stereocenters. The fraction of sp³-hybridized carbons (Fsp3) is 0.500. The summed E-state index contributed by atoms with van der Waals surface area (Å²) in [5.41, 5.74) is 4.24. The zero-order valence-electron chi connectivity index (χ0n) is 16.2. The second-order valence-electron chi connectivity index (χ2n) is 7.91. The van der Waals surface area contributed by atoms with Gasteiger partial charge in [0.15, 0.2) is 9.84 Å². The number of aryl methyl sites for hydroxylation is 2. The predicted octanol–water partition coefficient (Wildman–Crippen LogP) is 1.71. The van der Waals surface area contributed by atoms with E-state index in [2.05, 4.69) is 9.88 Å². The lowest BCUT2D eigenvalue weighted by atomic mass is 9.97. The number of hydrogen-bond donors (Lipinski definition) is 0. The molecule has 0 aliphatic carbocycles. The number of piperazine rings is 1. The summed E-state index contributed by atoms with van der Waals surface area (Å²) >= 11 is 0. The second-order valence-corrected chi connectivity index (χ2v) is 10.1. The van der Waals surface area contributed by atoms with Crippen LogP contribution in [0.15, 0.2) is 18.2 Å². The number of aromatic nitrogens is 1. The number of carbonyl (C=O) groups is 1. The standard InChI is InChI=1S/C20H25N3O3S/c1-12-5-6-16-15(9-12)19(13(2)14(3)21-16)20(24)23-8-7-22(4)17-10-27(25,26)11-18(17)23/h5-6,9,17-18H,7-8,10-11H2,1-4H3/t17-,18+/m1/s1. The molecule has 0 unspecified atom stereocenters. The van der Waals surface area contributed by atoms with Gasteiger partial charge in [0.25, 0.3) is 5.91 Å². The third-order valence-corrected chi connectivity index (χ3v) is 7.75. The van der Waals surface area contributed by atoms with Gasteiger partial charge in [-0.05, 0) is 45.5 Å². The van der Waals surface area contributed by atoms with Crippen molar-refractivity contribution >= 4 is 26.6 Å². The van der Waals surface area contributed by atoms with E-state index in [4.69, 9.17) is 0 Å². The molecule has 1 aromatic heterocycles. The van der Waals surface area contributed by atoms with Crippen molar-refractivity contribution in [2.45, 2.75) is 32.9 Å². The first-order chi connectivity index (χ1) is 12.7. The Morgan fingerprint density at radius 2 is 1.81 bits per heavy atom. The van der Waals surface area contributed by atoms with E-state index >= 15 is 0 Å². The van der Waals surface area contributed by atoms with Gasteiger partial charge >= 0.3 is 0 Å². The van der Waals surface area contributed by atoms with E-state index in [0.29, 0.717) is 18.7 Å². The Hall–Kier alpha value is -1.99. The average molecular weight is 388 g/mol. The van der Waals surface area contributed by atoms with Crippen molar-refractivity contribution in [3.05, 3.63) is 40.6 Å². The van der Waals surface area contributed by atoms with E-state index in [-0.39, 0.29) is 29.5 Å². The average Bonchev–Trinajstić information content (AvgIpc) is 2.92. The Morgan fingerprint density at radius 3 is 2.56 bits per heavy atom. The fourth-order valence-corrected chi connectivity index (χ4v) is 6.45. The zero-order chi connectivity index (χ0) is 19.5. The van der Waals surface area contributed by atoms with Gasteiger partial charge in [0.2, 0.25) is 0 Å². The Labute approximate surface area is 160 Å². The minimum absolute atomic E-state index is 0.0494. The molecule has 2 fully saturated rings. The highest BCUT2D eigenvalue weighted by atomic mass is 32.2. The van der Waals surface area contributed by atoms with Crippen LogP contribution in [0.3, 0.4) is 0 Å². The van der Waals surface area contributed by atoms with Crippen molar-refractivity contribution in [1.29, 1.82) is 0 Å². The molecule has 0 radical (unpaired) electrons. The third kappa shape index (κ3) is 3.02. The number of sulfone groups is 1. The number of amides is 1. The van der Waals surface area contributed by atoms with Gasteiger partial charge in [-0.1, -0.05) is 11.6 Å². The van der Waals surface area contributed by atoms with Gasteiger partial charge in [0, 0.05) is 30.2 Å². The molecule has 0 spiro atoms. The quantitative estimate of drug-likeness (QED) is 0.745. The Kier molecular flexibility index (Phi) is 4.27. The SMILES string of the molecule is Cc1ccc2nc(C)c(C)c(C(=O)N3CCN(C)[C@@H]4CS(=O)(=O)C[C@@H]43)c2c1. The van der Waals surface area contributed by atoms with Crippen molar-refractivity contribution in [1.82, 2.24) is 14.8 Å². The molecule has 1 amide bonds. The maximum atomic E-state index is 13.6. The molecule has 4 rings (SSSR count). The second kappa shape index (κ2) is 6.27. The normalized spacial score (nSPS) is 25.0. The molecule has 2 saturated heterocycles. The monoisotopic (exact) mass is 387 g/mol. The molecule has 7 heteroatoms. The summed E-state index contributed by atoms with van der Waals surface area (Å²) in [4.78, 5) is 22.1. The lowest BCUT2D eigenvalue weighted by Crippen LogP contribution is -2.59. The largest absolute Gasteiger partial charge is 0.332 e. The molecule has 3 heterocycles. The van der Waals surface area contributed by atoms with Crippen LogP contribution in [0.5, 0.6) is 0 Å². The number of benzene rings is 1. The van der Waals surface area contributed by atoms with Crippen LogP contribution in [0.25, 0.3) is 10.9 Å². The molecule has 1 aromatic carbocycles. The van der Waals surface area contributed by atoms with Crippen LogP contribution in [0.4, 0.5) is 0 Å². The minimum Gasteiger partial charge on any atom is -0.332 e. The highest BCUT2D eigenvalue weighted by Crippen LogP contribution is 2.31. The van der Waals surface area contributed by atoms with Crippen LogP contribution in [0.1, 0.15) is 27.2 Å². The topological polar surface area (TPSA) is 70.6 Å². The van der Waals surface area contributed by atoms with E-state index < -0.39 is 9.84 Å². The number of carbonyl (C=O) groups excluding carboxylic acids is 1. The van der Waals surface area contributed by atoms with E-state index in [9.17, 15) is 13.2 Å². The van der Waals surface area contributed by atoms with Crippen LogP contribution in [-0.2, 0) is 9.84 Å². The maximum Gasteiger partial charge on any atom is 0.255 e. The molecule has 2 aliphatic rings. The Balaban J connectivity index is 1.83. The molecule has 2 aliphatic heterocycles. The summed E-state index contributed by atoms with van der Waals surface area (Å²) in [5, 5.41) is 0.847. The van der Waals surface area contributed by atoms with Gasteiger partial charge in [-0.25, -0.2) is 8.42 Å². The highest BCUT2D eigenvalue weighted by Gasteiger charge is 2.47. The van der Waals surface area contributed by atoms with Crippen LogP contribution in [0, 0.1) is 20.8 Å². The summed E-state index contributed by atoms with van der Waals surface area (Å²) in [6, 6.07) is 5.54. The summed E-state index contributed by atoms with van der Waals surface area (Å²) in [6.07, 6.45) is 0. The summed E-state index contributed by atoms with van der Waals surface area (Å²) in [7, 11) is -1.18. The van der Waals surface area contributed by atoms with Crippen molar-refractivity contribution < 1.29 is 13.2 Å². The lowest BCUT2D eigenvalue weighted by molar-refractivity contribution is 0.0411. The molecule has 27 heavy (non-hydrogen) atoms. The molecule has 0 N–H and O–H groups in total. The molecule has 2 aromatic rings. The summed E-state index contributed by atoms with van der Waals surface area (Å²) in [5.74, 6) is 0.105. The van der Waals surface area contributed by atoms with Crippen LogP contribution < -0.4 is 0 Å². The Bertz CT molecular complexity index is 1050. The molecule has 0 saturated carbocycles. The van der Waals surface area contributed by atoms with E-state index in [1.807, 2.05) is 46.0 Å². The van der Waals surface area contributed by atoms with Gasteiger partial charge in [-0.2, -0.15) is 0 Å². The zero-order valence-corrected chi connectivity index (χ0v) is 17.0. The summed E-state index contributed by atoms with van der Waals surface area (Å²) < 4.78 is 24.5. The number of rotatable bonds is 1. The Morgan fingerprint density at radius 1 is 1.11 bits per heavy atom. The van der Waals surface area contributed by atoms with Crippen LogP contribution >= 0.6 is 0 Å². The smallest absolute Gasteiger partial charge is 0.255 e. The van der Waals surface area contributed by atoms with E-state index in [1.54, 1.807) is 4.90 Å². The number of likely N-dealkylation sites (N-methyl/N-ethyl adjacent to an activating group) is 1. The molecular formula is C20H25N3O3S. The third-order valence-electron chi connectivity index (χ3n) is 6.06. The van der Waals surface area contributed by atoms with Gasteiger partial charge in [-0.15, -0.1) is 0 Å². The molecule has 6 nitrogen and oxygen atoms in total. The van der Waals surface area contributed by atoms with E-state index in [0.717, 1.165) is 27.7 Å².